The zero-order valence-corrected chi connectivity index (χ0v) is 16.1. The molecule has 4 fully saturated rings. The molecule has 4 rings (SSSR count). The normalized spacial score (nSPS) is 33.0. The molecule has 146 valence electrons. The summed E-state index contributed by atoms with van der Waals surface area (Å²) < 4.78 is 10.1. The first-order chi connectivity index (χ1) is 12.3. The summed E-state index contributed by atoms with van der Waals surface area (Å²) in [6.07, 6.45) is 6.99. The van der Waals surface area contributed by atoms with Crippen molar-refractivity contribution in [1.82, 2.24) is 5.32 Å². The van der Waals surface area contributed by atoms with Crippen LogP contribution in [0.3, 0.4) is 0 Å². The zero-order chi connectivity index (χ0) is 18.9. The van der Waals surface area contributed by atoms with Crippen LogP contribution in [-0.4, -0.2) is 37.6 Å². The molecule has 0 aromatic rings. The van der Waals surface area contributed by atoms with E-state index in [1.165, 1.54) is 26.4 Å². The number of ether oxygens (including phenoxy) is 2. The number of carbonyl (C=O) groups excluding carboxylic acids is 3. The van der Waals surface area contributed by atoms with Gasteiger partial charge in [0.1, 0.15) is 6.04 Å². The lowest BCUT2D eigenvalue weighted by molar-refractivity contribution is -0.173. The number of methoxy groups -OCH3 is 1. The van der Waals surface area contributed by atoms with Crippen molar-refractivity contribution in [3.63, 3.8) is 0 Å². The van der Waals surface area contributed by atoms with Crippen molar-refractivity contribution in [1.29, 1.82) is 0 Å². The zero-order valence-electron chi connectivity index (χ0n) is 16.1. The smallest absolute Gasteiger partial charge is 0.328 e. The molecule has 0 aromatic carbocycles. The van der Waals surface area contributed by atoms with E-state index in [1.807, 2.05) is 13.8 Å². The van der Waals surface area contributed by atoms with Gasteiger partial charge in [-0.2, -0.15) is 0 Å². The van der Waals surface area contributed by atoms with E-state index < -0.39 is 17.9 Å². The number of esters is 2. The monoisotopic (exact) mass is 365 g/mol. The van der Waals surface area contributed by atoms with Gasteiger partial charge in [-0.25, -0.2) is 4.79 Å². The van der Waals surface area contributed by atoms with E-state index >= 15 is 0 Å². The summed E-state index contributed by atoms with van der Waals surface area (Å²) in [4.78, 5) is 36.8. The van der Waals surface area contributed by atoms with E-state index in [0.29, 0.717) is 24.2 Å². The minimum absolute atomic E-state index is 0.217. The summed E-state index contributed by atoms with van der Waals surface area (Å²) in [6, 6.07) is -0.703. The van der Waals surface area contributed by atoms with Gasteiger partial charge in [0.2, 0.25) is 0 Å². The molecule has 4 bridgehead atoms. The topological polar surface area (TPSA) is 81.7 Å². The minimum atomic E-state index is -0.703. The fourth-order valence-electron chi connectivity index (χ4n) is 5.71. The van der Waals surface area contributed by atoms with Gasteiger partial charge < -0.3 is 14.8 Å². The van der Waals surface area contributed by atoms with Gasteiger partial charge in [-0.15, -0.1) is 0 Å². The van der Waals surface area contributed by atoms with Gasteiger partial charge in [-0.3, -0.25) is 9.59 Å². The van der Waals surface area contributed by atoms with E-state index in [4.69, 9.17) is 9.47 Å². The lowest BCUT2D eigenvalue weighted by Crippen LogP contribution is -2.51. The molecular formula is C20H31NO5. The summed E-state index contributed by atoms with van der Waals surface area (Å²) in [7, 11) is 1.30. The van der Waals surface area contributed by atoms with Crippen molar-refractivity contribution in [2.24, 2.45) is 29.1 Å². The van der Waals surface area contributed by atoms with Crippen molar-refractivity contribution < 1.29 is 23.9 Å². The quantitative estimate of drug-likeness (QED) is 0.701. The first-order valence-electron chi connectivity index (χ1n) is 9.85. The third-order valence-corrected chi connectivity index (χ3v) is 6.33. The van der Waals surface area contributed by atoms with Crippen molar-refractivity contribution in [3.05, 3.63) is 0 Å². The van der Waals surface area contributed by atoms with Crippen LogP contribution in [0.5, 0.6) is 0 Å². The molecule has 0 radical (unpaired) electrons. The predicted molar refractivity (Wildman–Crippen MR) is 95.0 cm³/mol. The molecule has 26 heavy (non-hydrogen) atoms. The maximum Gasteiger partial charge on any atom is 0.328 e. The largest absolute Gasteiger partial charge is 0.467 e. The van der Waals surface area contributed by atoms with Crippen LogP contribution in [0.15, 0.2) is 0 Å². The van der Waals surface area contributed by atoms with Gasteiger partial charge >= 0.3 is 11.9 Å². The average molecular weight is 365 g/mol. The van der Waals surface area contributed by atoms with Gasteiger partial charge in [0.15, 0.2) is 6.61 Å². The van der Waals surface area contributed by atoms with Crippen molar-refractivity contribution >= 4 is 17.8 Å². The lowest BCUT2D eigenvalue weighted by Gasteiger charge is -2.55. The Kier molecular flexibility index (Phi) is 5.58. The number of hydrogen-bond acceptors (Lipinski definition) is 5. The molecule has 6 nitrogen and oxygen atoms in total. The highest BCUT2D eigenvalue weighted by Gasteiger charge is 2.55. The van der Waals surface area contributed by atoms with Crippen LogP contribution in [0.2, 0.25) is 0 Å². The predicted octanol–water partition coefficient (Wildman–Crippen LogP) is 2.45. The fourth-order valence-corrected chi connectivity index (χ4v) is 5.71. The molecule has 0 saturated heterocycles. The summed E-state index contributed by atoms with van der Waals surface area (Å²) >= 11 is 0. The Morgan fingerprint density at radius 1 is 1.04 bits per heavy atom. The Bertz CT molecular complexity index is 535. The fraction of sp³-hybridized carbons (Fsp3) is 0.850. The highest BCUT2D eigenvalue weighted by molar-refractivity contribution is 5.87. The number of rotatable bonds is 7. The highest BCUT2D eigenvalue weighted by Crippen LogP contribution is 2.60. The van der Waals surface area contributed by atoms with Crippen LogP contribution in [0.25, 0.3) is 0 Å². The first kappa shape index (κ1) is 19.2. The maximum atomic E-state index is 12.8. The molecule has 1 atom stereocenters. The van der Waals surface area contributed by atoms with Gasteiger partial charge in [-0.1, -0.05) is 13.8 Å². The minimum Gasteiger partial charge on any atom is -0.467 e. The van der Waals surface area contributed by atoms with Crippen LogP contribution < -0.4 is 5.32 Å². The molecule has 0 aromatic heterocycles. The molecule has 0 heterocycles. The molecular weight excluding hydrogens is 334 g/mol. The standard InChI is InChI=1S/C20H31NO5/c1-12(2)4-16(18(23)25-3)21-17(22)11-26-19(24)20-8-13-5-14(9-20)7-15(6-13)10-20/h12-16H,4-11H2,1-3H3,(H,21,22)/t13?,14?,15?,16-,20?/m0/s1. The van der Waals surface area contributed by atoms with Gasteiger partial charge in [-0.05, 0) is 68.6 Å². The second-order valence-corrected chi connectivity index (χ2v) is 9.05. The number of hydrogen-bond donors (Lipinski definition) is 1. The van der Waals surface area contributed by atoms with Gasteiger partial charge in [0.25, 0.3) is 5.91 Å². The SMILES string of the molecule is COC(=O)[C@H](CC(C)C)NC(=O)COC(=O)C12CC3CC(CC(C3)C1)C2. The molecule has 4 saturated carbocycles. The average Bonchev–Trinajstić information content (AvgIpc) is 2.56. The van der Waals surface area contributed by atoms with Crippen LogP contribution in [0, 0.1) is 29.1 Å². The van der Waals surface area contributed by atoms with Crippen molar-refractivity contribution in [3.8, 4) is 0 Å². The van der Waals surface area contributed by atoms with E-state index in [2.05, 4.69) is 5.32 Å². The Balaban J connectivity index is 1.52. The molecule has 1 amide bonds. The van der Waals surface area contributed by atoms with E-state index in [9.17, 15) is 14.4 Å². The van der Waals surface area contributed by atoms with Gasteiger partial charge in [0, 0.05) is 0 Å². The molecule has 1 N–H and O–H groups in total. The van der Waals surface area contributed by atoms with Crippen LogP contribution in [0.4, 0.5) is 0 Å². The first-order valence-corrected chi connectivity index (χ1v) is 9.85. The Labute approximate surface area is 155 Å². The highest BCUT2D eigenvalue weighted by atomic mass is 16.5. The molecule has 6 heteroatoms. The second-order valence-electron chi connectivity index (χ2n) is 9.05. The Morgan fingerprint density at radius 2 is 1.58 bits per heavy atom. The maximum absolute atomic E-state index is 12.8. The summed E-state index contributed by atoms with van der Waals surface area (Å²) in [5.74, 6) is 1.05. The van der Waals surface area contributed by atoms with Crippen molar-refractivity contribution in [2.75, 3.05) is 13.7 Å². The van der Waals surface area contributed by atoms with E-state index in [1.54, 1.807) is 0 Å². The Hall–Kier alpha value is -1.59. The molecule has 0 spiro atoms. The molecule has 4 aliphatic carbocycles. The van der Waals surface area contributed by atoms with Gasteiger partial charge in [0.05, 0.1) is 12.5 Å². The second kappa shape index (κ2) is 7.57. The number of amides is 1. The van der Waals surface area contributed by atoms with Crippen LogP contribution in [0.1, 0.15) is 58.8 Å². The molecule has 0 aliphatic heterocycles. The summed E-state index contributed by atoms with van der Waals surface area (Å²) in [6.45, 7) is 3.61. The van der Waals surface area contributed by atoms with E-state index in [-0.39, 0.29) is 23.9 Å². The van der Waals surface area contributed by atoms with E-state index in [0.717, 1.165) is 19.3 Å². The third-order valence-electron chi connectivity index (χ3n) is 6.33. The third kappa shape index (κ3) is 4.04. The molecule has 4 aliphatic rings. The van der Waals surface area contributed by atoms with Crippen LogP contribution in [-0.2, 0) is 23.9 Å². The lowest BCUT2D eigenvalue weighted by atomic mass is 9.49. The number of nitrogens with one attached hydrogen (secondary N) is 1. The summed E-state index contributed by atoms with van der Waals surface area (Å²) in [5.41, 5.74) is -0.366. The van der Waals surface area contributed by atoms with Crippen LogP contribution >= 0.6 is 0 Å². The summed E-state index contributed by atoms with van der Waals surface area (Å²) in [5, 5.41) is 2.64. The Morgan fingerprint density at radius 3 is 2.04 bits per heavy atom. The number of carbonyl (C=O) groups is 3. The van der Waals surface area contributed by atoms with Crippen molar-refractivity contribution in [2.45, 2.75) is 64.8 Å². The molecule has 0 unspecified atom stereocenters.